The highest BCUT2D eigenvalue weighted by molar-refractivity contribution is 6.27. The zero-order valence-corrected chi connectivity index (χ0v) is 15.6. The van der Waals surface area contributed by atoms with Crippen LogP contribution in [0.25, 0.3) is 0 Å². The Bertz CT molecular complexity index is 1050. The molecule has 0 spiro atoms. The van der Waals surface area contributed by atoms with Gasteiger partial charge in [-0.15, -0.1) is 0 Å². The number of para-hydroxylation sites is 1. The lowest BCUT2D eigenvalue weighted by atomic mass is 9.85. The monoisotopic (exact) mass is 374 g/mol. The number of amides is 1. The van der Waals surface area contributed by atoms with E-state index in [0.717, 1.165) is 10.6 Å². The number of methoxy groups -OCH3 is 1. The van der Waals surface area contributed by atoms with E-state index >= 15 is 4.39 Å². The first kappa shape index (κ1) is 17.9. The minimum Gasteiger partial charge on any atom is -0.496 e. The number of anilines is 1. The quantitative estimate of drug-likeness (QED) is 0.669. The Morgan fingerprint density at radius 1 is 0.964 bits per heavy atom. The summed E-state index contributed by atoms with van der Waals surface area (Å²) in [5, 5.41) is 5.54. The number of benzene rings is 3. The van der Waals surface area contributed by atoms with E-state index in [1.807, 2.05) is 25.1 Å². The Hall–Kier alpha value is -3.47. The molecule has 1 unspecified atom stereocenters. The molecule has 3 aromatic rings. The lowest BCUT2D eigenvalue weighted by Crippen LogP contribution is -2.40. The Kier molecular flexibility index (Phi) is 4.43. The molecular weight excluding hydrogens is 355 g/mol. The van der Waals surface area contributed by atoms with Crippen LogP contribution < -0.4 is 9.75 Å². The number of aryl methyl sites for hydroxylation is 1. The van der Waals surface area contributed by atoms with Gasteiger partial charge in [-0.25, -0.2) is 4.39 Å². The van der Waals surface area contributed by atoms with Crippen molar-refractivity contribution >= 4 is 17.3 Å². The second kappa shape index (κ2) is 6.93. The molecule has 140 valence electrons. The molecule has 0 aromatic heterocycles. The summed E-state index contributed by atoms with van der Waals surface area (Å²) in [4.78, 5) is 13.4. The number of hydrogen-bond acceptors (Lipinski definition) is 3. The summed E-state index contributed by atoms with van der Waals surface area (Å²) in [6.07, 6.45) is 0. The van der Waals surface area contributed by atoms with Crippen LogP contribution in [0.5, 0.6) is 5.75 Å². The first-order chi connectivity index (χ1) is 13.6. The van der Waals surface area contributed by atoms with E-state index in [0.29, 0.717) is 17.0 Å². The van der Waals surface area contributed by atoms with Crippen molar-refractivity contribution < 1.29 is 13.9 Å². The molecule has 1 aliphatic rings. The molecule has 1 aliphatic heterocycles. The third-order valence-electron chi connectivity index (χ3n) is 4.79. The van der Waals surface area contributed by atoms with Gasteiger partial charge in [-0.3, -0.25) is 4.79 Å². The number of halogens is 1. The topological polar surface area (TPSA) is 41.9 Å². The van der Waals surface area contributed by atoms with Crippen LogP contribution in [0.1, 0.15) is 16.7 Å². The summed E-state index contributed by atoms with van der Waals surface area (Å²) < 4.78 is 22.1. The lowest BCUT2D eigenvalue weighted by molar-refractivity contribution is -0.125. The van der Waals surface area contributed by atoms with Gasteiger partial charge >= 0.3 is 0 Å². The summed E-state index contributed by atoms with van der Waals surface area (Å²) in [6, 6.07) is 22.9. The summed E-state index contributed by atoms with van der Waals surface area (Å²) in [5.74, 6) is -0.457. The van der Waals surface area contributed by atoms with Crippen molar-refractivity contribution in [1.82, 2.24) is 0 Å². The molecule has 0 saturated heterocycles. The van der Waals surface area contributed by atoms with Crippen LogP contribution in [0.2, 0.25) is 0 Å². The maximum Gasteiger partial charge on any atom is 0.296 e. The minimum absolute atomic E-state index is 0.0471. The first-order valence-corrected chi connectivity index (χ1v) is 8.94. The van der Waals surface area contributed by atoms with E-state index in [2.05, 4.69) is 5.10 Å². The third kappa shape index (κ3) is 2.76. The number of alkyl halides is 1. The maximum absolute atomic E-state index is 16.7. The van der Waals surface area contributed by atoms with Gasteiger partial charge in [0.15, 0.2) is 0 Å². The molecule has 1 heterocycles. The van der Waals surface area contributed by atoms with Crippen molar-refractivity contribution in [2.45, 2.75) is 12.6 Å². The number of carbonyl (C=O) groups is 1. The molecule has 4 nitrogen and oxygen atoms in total. The average molecular weight is 374 g/mol. The van der Waals surface area contributed by atoms with Gasteiger partial charge in [0.05, 0.1) is 12.8 Å². The minimum atomic E-state index is -2.46. The first-order valence-electron chi connectivity index (χ1n) is 8.94. The third-order valence-corrected chi connectivity index (χ3v) is 4.79. The largest absolute Gasteiger partial charge is 0.496 e. The highest BCUT2D eigenvalue weighted by atomic mass is 19.1. The summed E-state index contributed by atoms with van der Waals surface area (Å²) in [6.45, 7) is 1.85. The molecule has 1 amide bonds. The molecule has 0 bridgehead atoms. The summed E-state index contributed by atoms with van der Waals surface area (Å²) in [5.41, 5.74) is -0.389. The predicted octanol–water partition coefficient (Wildman–Crippen LogP) is 4.62. The van der Waals surface area contributed by atoms with Crippen LogP contribution >= 0.6 is 0 Å². The number of carbonyl (C=O) groups excluding carboxylic acids is 1. The zero-order valence-electron chi connectivity index (χ0n) is 15.6. The Morgan fingerprint density at radius 2 is 1.61 bits per heavy atom. The van der Waals surface area contributed by atoms with Crippen LogP contribution in [0.3, 0.4) is 0 Å². The van der Waals surface area contributed by atoms with E-state index in [9.17, 15) is 4.79 Å². The molecule has 0 aliphatic carbocycles. The van der Waals surface area contributed by atoms with E-state index < -0.39 is 11.6 Å². The van der Waals surface area contributed by atoms with Crippen LogP contribution in [0, 0.1) is 6.92 Å². The number of rotatable bonds is 4. The SMILES string of the molecule is COc1ccc(C)cc1C1(F)C(=O)N(c2ccccc2)N=C1c1ccccc1. The second-order valence-corrected chi connectivity index (χ2v) is 6.63. The van der Waals surface area contributed by atoms with Crippen LogP contribution in [0.15, 0.2) is 84.0 Å². The molecule has 0 radical (unpaired) electrons. The fourth-order valence-corrected chi connectivity index (χ4v) is 3.39. The van der Waals surface area contributed by atoms with Crippen molar-refractivity contribution in [1.29, 1.82) is 0 Å². The van der Waals surface area contributed by atoms with Gasteiger partial charge in [-0.2, -0.15) is 10.1 Å². The molecule has 0 saturated carbocycles. The van der Waals surface area contributed by atoms with Gasteiger partial charge in [0.1, 0.15) is 11.5 Å². The van der Waals surface area contributed by atoms with Gasteiger partial charge in [-0.1, -0.05) is 60.2 Å². The fourth-order valence-electron chi connectivity index (χ4n) is 3.39. The van der Waals surface area contributed by atoms with E-state index in [1.165, 1.54) is 7.11 Å². The molecule has 28 heavy (non-hydrogen) atoms. The lowest BCUT2D eigenvalue weighted by Gasteiger charge is -2.24. The van der Waals surface area contributed by atoms with E-state index in [-0.39, 0.29) is 11.3 Å². The van der Waals surface area contributed by atoms with Crippen molar-refractivity contribution in [2.75, 3.05) is 12.1 Å². The van der Waals surface area contributed by atoms with Crippen LogP contribution in [0.4, 0.5) is 10.1 Å². The second-order valence-electron chi connectivity index (χ2n) is 6.63. The molecule has 4 rings (SSSR count). The van der Waals surface area contributed by atoms with Crippen molar-refractivity contribution in [3.63, 3.8) is 0 Å². The molecule has 0 fully saturated rings. The van der Waals surface area contributed by atoms with Gasteiger partial charge < -0.3 is 4.74 Å². The Balaban J connectivity index is 1.96. The van der Waals surface area contributed by atoms with Crippen molar-refractivity contribution in [3.05, 3.63) is 95.6 Å². The number of hydrazone groups is 1. The predicted molar refractivity (Wildman–Crippen MR) is 107 cm³/mol. The number of hydrogen-bond donors (Lipinski definition) is 0. The van der Waals surface area contributed by atoms with Gasteiger partial charge in [0, 0.05) is 11.1 Å². The molecular formula is C23H19FN2O2. The van der Waals surface area contributed by atoms with Crippen LogP contribution in [-0.4, -0.2) is 18.7 Å². The molecule has 5 heteroatoms. The van der Waals surface area contributed by atoms with Crippen molar-refractivity contribution in [2.24, 2.45) is 5.10 Å². The standard InChI is InChI=1S/C23H19FN2O2/c1-16-13-14-20(28-2)19(15-16)23(24)21(17-9-5-3-6-10-17)25-26(22(23)27)18-11-7-4-8-12-18/h3-15H,1-2H3. The number of nitrogens with zero attached hydrogens (tertiary/aromatic N) is 2. The summed E-state index contributed by atoms with van der Waals surface area (Å²) in [7, 11) is 1.46. The van der Waals surface area contributed by atoms with Gasteiger partial charge in [0.25, 0.3) is 11.6 Å². The molecule has 0 N–H and O–H groups in total. The number of ether oxygens (including phenoxy) is 1. The van der Waals surface area contributed by atoms with E-state index in [4.69, 9.17) is 4.74 Å². The Morgan fingerprint density at radius 3 is 2.25 bits per heavy atom. The van der Waals surface area contributed by atoms with Crippen LogP contribution in [-0.2, 0) is 10.5 Å². The fraction of sp³-hybridized carbons (Fsp3) is 0.130. The van der Waals surface area contributed by atoms with Gasteiger partial charge in [0.2, 0.25) is 0 Å². The smallest absolute Gasteiger partial charge is 0.296 e. The highest BCUT2D eigenvalue weighted by Gasteiger charge is 2.55. The zero-order chi connectivity index (χ0) is 19.7. The maximum atomic E-state index is 16.7. The summed E-state index contributed by atoms with van der Waals surface area (Å²) >= 11 is 0. The van der Waals surface area contributed by atoms with E-state index in [1.54, 1.807) is 60.7 Å². The van der Waals surface area contributed by atoms with Gasteiger partial charge in [-0.05, 0) is 31.2 Å². The molecule has 1 atom stereocenters. The normalized spacial score (nSPS) is 18.9. The Labute approximate surface area is 162 Å². The molecule has 3 aromatic carbocycles. The highest BCUT2D eigenvalue weighted by Crippen LogP contribution is 2.43. The van der Waals surface area contributed by atoms with Crippen molar-refractivity contribution in [3.8, 4) is 5.75 Å². The average Bonchev–Trinajstić information content (AvgIpc) is 3.01.